The standard InChI is InChI=1S/C17H21ClO3/c1-4-5-6-7-11(2)8-9-13-16(20)14(10-19)12(3)15(18)17(13)21/h4-5,8,10,20-21H,6-7,9H2,1-3H3. The first-order valence-electron chi connectivity index (χ1n) is 6.88. The number of allylic oxidation sites excluding steroid dienone is 4. The largest absolute Gasteiger partial charge is 0.507 e. The number of rotatable bonds is 6. The van der Waals surface area contributed by atoms with Gasteiger partial charge in [0.05, 0.1) is 10.6 Å². The maximum absolute atomic E-state index is 11.1. The van der Waals surface area contributed by atoms with Crippen molar-refractivity contribution in [1.29, 1.82) is 0 Å². The normalized spacial score (nSPS) is 12.1. The van der Waals surface area contributed by atoms with Gasteiger partial charge < -0.3 is 10.2 Å². The number of halogens is 1. The van der Waals surface area contributed by atoms with Crippen LogP contribution in [-0.2, 0) is 6.42 Å². The maximum atomic E-state index is 11.1. The zero-order valence-electron chi connectivity index (χ0n) is 12.6. The van der Waals surface area contributed by atoms with Gasteiger partial charge in [0.25, 0.3) is 0 Å². The SMILES string of the molecule is CC=CCCC(C)=CCc1c(O)c(Cl)c(C)c(C=O)c1O. The highest BCUT2D eigenvalue weighted by Crippen LogP contribution is 2.40. The number of benzene rings is 1. The molecule has 0 heterocycles. The zero-order valence-corrected chi connectivity index (χ0v) is 13.4. The molecule has 0 unspecified atom stereocenters. The lowest BCUT2D eigenvalue weighted by Crippen LogP contribution is -1.96. The van der Waals surface area contributed by atoms with Crippen molar-refractivity contribution in [2.24, 2.45) is 0 Å². The maximum Gasteiger partial charge on any atom is 0.154 e. The van der Waals surface area contributed by atoms with Gasteiger partial charge in [0.2, 0.25) is 0 Å². The summed E-state index contributed by atoms with van der Waals surface area (Å²) in [4.78, 5) is 11.1. The molecule has 2 N–H and O–H groups in total. The van der Waals surface area contributed by atoms with Crippen molar-refractivity contribution in [3.63, 3.8) is 0 Å². The number of hydrogen-bond acceptors (Lipinski definition) is 3. The summed E-state index contributed by atoms with van der Waals surface area (Å²) in [5.74, 6) is -0.350. The molecule has 1 rings (SSSR count). The van der Waals surface area contributed by atoms with Crippen LogP contribution in [0.15, 0.2) is 23.8 Å². The highest BCUT2D eigenvalue weighted by molar-refractivity contribution is 6.33. The Hall–Kier alpha value is -1.74. The molecule has 0 aliphatic rings. The minimum absolute atomic E-state index is 0.116. The molecule has 0 radical (unpaired) electrons. The molecule has 114 valence electrons. The molecule has 0 spiro atoms. The molecule has 1 aromatic carbocycles. The second-order valence-electron chi connectivity index (χ2n) is 5.01. The zero-order chi connectivity index (χ0) is 16.0. The Labute approximate surface area is 130 Å². The van der Waals surface area contributed by atoms with Gasteiger partial charge in [0, 0.05) is 5.56 Å². The van der Waals surface area contributed by atoms with Crippen LogP contribution in [0.25, 0.3) is 0 Å². The van der Waals surface area contributed by atoms with Crippen LogP contribution in [0.3, 0.4) is 0 Å². The Morgan fingerprint density at radius 3 is 2.52 bits per heavy atom. The number of carbonyl (C=O) groups is 1. The third-order valence-electron chi connectivity index (χ3n) is 3.48. The molecule has 0 amide bonds. The Morgan fingerprint density at radius 2 is 1.95 bits per heavy atom. The van der Waals surface area contributed by atoms with Crippen LogP contribution in [0.4, 0.5) is 0 Å². The predicted octanol–water partition coefficient (Wildman–Crippen LogP) is 4.72. The highest BCUT2D eigenvalue weighted by atomic mass is 35.5. The summed E-state index contributed by atoms with van der Waals surface area (Å²) in [6.45, 7) is 5.56. The summed E-state index contributed by atoms with van der Waals surface area (Å²) in [6, 6.07) is 0. The summed E-state index contributed by atoms with van der Waals surface area (Å²) in [5, 5.41) is 20.3. The van der Waals surface area contributed by atoms with Crippen LogP contribution < -0.4 is 0 Å². The Balaban J connectivity index is 3.06. The van der Waals surface area contributed by atoms with E-state index in [1.165, 1.54) is 0 Å². The van der Waals surface area contributed by atoms with Gasteiger partial charge in [0.15, 0.2) is 6.29 Å². The van der Waals surface area contributed by atoms with Gasteiger partial charge in [-0.3, -0.25) is 4.79 Å². The van der Waals surface area contributed by atoms with E-state index in [2.05, 4.69) is 6.08 Å². The number of carbonyl (C=O) groups excluding carboxylic acids is 1. The van der Waals surface area contributed by atoms with Crippen molar-refractivity contribution in [1.82, 2.24) is 0 Å². The molecule has 21 heavy (non-hydrogen) atoms. The second-order valence-corrected chi connectivity index (χ2v) is 5.39. The fraction of sp³-hybridized carbons (Fsp3) is 0.353. The van der Waals surface area contributed by atoms with Gasteiger partial charge in [-0.15, -0.1) is 0 Å². The third kappa shape index (κ3) is 4.11. The molecule has 0 saturated carbocycles. The molecule has 0 saturated heterocycles. The van der Waals surface area contributed by atoms with Gasteiger partial charge in [-0.1, -0.05) is 35.4 Å². The van der Waals surface area contributed by atoms with Crippen LogP contribution >= 0.6 is 11.6 Å². The summed E-state index contributed by atoms with van der Waals surface area (Å²) >= 11 is 6.01. The lowest BCUT2D eigenvalue weighted by Gasteiger charge is -2.13. The minimum atomic E-state index is -0.193. The average molecular weight is 309 g/mol. The highest BCUT2D eigenvalue weighted by Gasteiger charge is 2.19. The first-order valence-corrected chi connectivity index (χ1v) is 7.26. The molecular formula is C17H21ClO3. The van der Waals surface area contributed by atoms with Crippen molar-refractivity contribution in [2.45, 2.75) is 40.0 Å². The van der Waals surface area contributed by atoms with Crippen molar-refractivity contribution in [3.8, 4) is 11.5 Å². The molecule has 0 fully saturated rings. The quantitative estimate of drug-likeness (QED) is 0.590. The number of aldehydes is 1. The van der Waals surface area contributed by atoms with Crippen LogP contribution in [-0.4, -0.2) is 16.5 Å². The average Bonchev–Trinajstić information content (AvgIpc) is 2.46. The van der Waals surface area contributed by atoms with Crippen molar-refractivity contribution >= 4 is 17.9 Å². The number of aromatic hydroxyl groups is 2. The monoisotopic (exact) mass is 308 g/mol. The van der Waals surface area contributed by atoms with Crippen molar-refractivity contribution < 1.29 is 15.0 Å². The van der Waals surface area contributed by atoms with Gasteiger partial charge >= 0.3 is 0 Å². The van der Waals surface area contributed by atoms with E-state index in [0.717, 1.165) is 18.4 Å². The molecule has 0 atom stereocenters. The van der Waals surface area contributed by atoms with Crippen LogP contribution in [0, 0.1) is 6.92 Å². The molecule has 0 aliphatic heterocycles. The lowest BCUT2D eigenvalue weighted by atomic mass is 9.99. The summed E-state index contributed by atoms with van der Waals surface area (Å²) < 4.78 is 0. The van der Waals surface area contributed by atoms with Gasteiger partial charge in [0.1, 0.15) is 11.5 Å². The number of hydrogen-bond donors (Lipinski definition) is 2. The van der Waals surface area contributed by atoms with E-state index < -0.39 is 0 Å². The molecule has 0 aliphatic carbocycles. The Morgan fingerprint density at radius 1 is 1.29 bits per heavy atom. The minimum Gasteiger partial charge on any atom is -0.507 e. The Kier molecular flexibility index (Phi) is 6.50. The Bertz CT molecular complexity index is 586. The van der Waals surface area contributed by atoms with Gasteiger partial charge in [-0.05, 0) is 45.6 Å². The first kappa shape index (κ1) is 17.3. The molecule has 1 aromatic rings. The smallest absolute Gasteiger partial charge is 0.154 e. The topological polar surface area (TPSA) is 57.5 Å². The van der Waals surface area contributed by atoms with E-state index in [4.69, 9.17) is 11.6 Å². The number of phenolic OH excluding ortho intramolecular Hbond substituents is 2. The van der Waals surface area contributed by atoms with Crippen LogP contribution in [0.1, 0.15) is 48.2 Å². The predicted molar refractivity (Wildman–Crippen MR) is 86.4 cm³/mol. The first-order chi connectivity index (χ1) is 9.93. The van der Waals surface area contributed by atoms with E-state index in [0.29, 0.717) is 18.3 Å². The molecule has 0 bridgehead atoms. The fourth-order valence-corrected chi connectivity index (χ4v) is 2.29. The van der Waals surface area contributed by atoms with Crippen molar-refractivity contribution in [3.05, 3.63) is 45.5 Å². The number of phenols is 2. The summed E-state index contributed by atoms with van der Waals surface area (Å²) in [6.07, 6.45) is 8.76. The fourth-order valence-electron chi connectivity index (χ4n) is 2.07. The van der Waals surface area contributed by atoms with E-state index in [9.17, 15) is 15.0 Å². The molecule has 4 heteroatoms. The summed E-state index contributed by atoms with van der Waals surface area (Å²) in [5.41, 5.74) is 1.96. The third-order valence-corrected chi connectivity index (χ3v) is 3.94. The van der Waals surface area contributed by atoms with Crippen molar-refractivity contribution in [2.75, 3.05) is 0 Å². The van der Waals surface area contributed by atoms with E-state index in [-0.39, 0.29) is 27.6 Å². The van der Waals surface area contributed by atoms with Gasteiger partial charge in [-0.25, -0.2) is 0 Å². The van der Waals surface area contributed by atoms with E-state index in [1.54, 1.807) is 6.92 Å². The molecule has 0 aromatic heterocycles. The second kappa shape index (κ2) is 7.89. The van der Waals surface area contributed by atoms with E-state index in [1.807, 2.05) is 26.0 Å². The van der Waals surface area contributed by atoms with Crippen LogP contribution in [0.2, 0.25) is 5.02 Å². The van der Waals surface area contributed by atoms with Crippen LogP contribution in [0.5, 0.6) is 11.5 Å². The lowest BCUT2D eigenvalue weighted by molar-refractivity contribution is 0.112. The van der Waals surface area contributed by atoms with Gasteiger partial charge in [-0.2, -0.15) is 0 Å². The molecule has 3 nitrogen and oxygen atoms in total. The van der Waals surface area contributed by atoms with E-state index >= 15 is 0 Å². The molecular weight excluding hydrogens is 288 g/mol. The summed E-state index contributed by atoms with van der Waals surface area (Å²) in [7, 11) is 0.